The smallest absolute Gasteiger partial charge is 0.872 e. The number of carbonyl (C=O) groups excluding carboxylic acids is 1. The zero-order chi connectivity index (χ0) is 17.5. The molecule has 3 rings (SSSR count). The molecule has 0 unspecified atom stereocenters. The second kappa shape index (κ2) is 10.6. The van der Waals surface area contributed by atoms with E-state index in [1.165, 1.54) is 12.1 Å². The summed E-state index contributed by atoms with van der Waals surface area (Å²) in [6.07, 6.45) is 4.50. The summed E-state index contributed by atoms with van der Waals surface area (Å²) in [5.41, 5.74) is 0.546. The molecule has 1 aliphatic carbocycles. The standard InChI is InChI=1S/C21H25NO3.Na/c23-19-12-10-18(11-13-19)21(24)22-14-16-6-8-17(9-7-16)15-25-20-4-2-1-3-5-20;/h1-5,10-13,16-17,23H,6-9,14-15H2,(H,22,24);/q;+1/p-1. The van der Waals surface area contributed by atoms with E-state index in [1.54, 1.807) is 12.1 Å². The van der Waals surface area contributed by atoms with Crippen molar-refractivity contribution in [3.8, 4) is 11.5 Å². The van der Waals surface area contributed by atoms with Gasteiger partial charge >= 0.3 is 29.6 Å². The number of amides is 1. The molecule has 5 heteroatoms. The molecule has 0 bridgehead atoms. The van der Waals surface area contributed by atoms with Crippen LogP contribution in [0.2, 0.25) is 0 Å². The SMILES string of the molecule is O=C(NCC1CCC(COc2ccccc2)CC1)c1ccc([O-])cc1.[Na+]. The summed E-state index contributed by atoms with van der Waals surface area (Å²) in [6, 6.07) is 15.9. The summed E-state index contributed by atoms with van der Waals surface area (Å²) in [5, 5.41) is 14.1. The van der Waals surface area contributed by atoms with E-state index in [-0.39, 0.29) is 41.2 Å². The molecule has 1 saturated carbocycles. The maximum atomic E-state index is 12.1. The van der Waals surface area contributed by atoms with Gasteiger partial charge in [0.15, 0.2) is 0 Å². The predicted octanol–water partition coefficient (Wildman–Crippen LogP) is 0.379. The largest absolute Gasteiger partial charge is 1.00 e. The van der Waals surface area contributed by atoms with Gasteiger partial charge in [0, 0.05) is 12.1 Å². The van der Waals surface area contributed by atoms with E-state index in [9.17, 15) is 9.90 Å². The number of ether oxygens (including phenoxy) is 1. The summed E-state index contributed by atoms with van der Waals surface area (Å²) >= 11 is 0. The maximum absolute atomic E-state index is 12.1. The summed E-state index contributed by atoms with van der Waals surface area (Å²) in [6.45, 7) is 1.47. The average Bonchev–Trinajstić information content (AvgIpc) is 2.67. The Morgan fingerprint density at radius 1 is 0.962 bits per heavy atom. The van der Waals surface area contributed by atoms with Crippen LogP contribution in [-0.4, -0.2) is 19.1 Å². The van der Waals surface area contributed by atoms with Crippen molar-refractivity contribution in [3.63, 3.8) is 0 Å². The molecular formula is C21H24NNaO3. The number of hydrogen-bond donors (Lipinski definition) is 1. The summed E-state index contributed by atoms with van der Waals surface area (Å²) in [7, 11) is 0. The molecule has 4 nitrogen and oxygen atoms in total. The fourth-order valence-corrected chi connectivity index (χ4v) is 3.28. The molecule has 26 heavy (non-hydrogen) atoms. The first-order chi connectivity index (χ1) is 12.2. The molecule has 0 aromatic heterocycles. The van der Waals surface area contributed by atoms with Gasteiger partial charge in [-0.05, 0) is 49.7 Å². The van der Waals surface area contributed by atoms with Gasteiger partial charge in [0.25, 0.3) is 5.91 Å². The van der Waals surface area contributed by atoms with Crippen molar-refractivity contribution in [2.45, 2.75) is 25.7 Å². The zero-order valence-corrected chi connectivity index (χ0v) is 17.3. The van der Waals surface area contributed by atoms with Crippen LogP contribution in [0.15, 0.2) is 54.6 Å². The van der Waals surface area contributed by atoms with Crippen LogP contribution in [0.4, 0.5) is 0 Å². The molecule has 0 radical (unpaired) electrons. The Bertz CT molecular complexity index is 667. The van der Waals surface area contributed by atoms with E-state index in [1.807, 2.05) is 30.3 Å². The molecule has 1 amide bonds. The molecule has 2 aromatic carbocycles. The average molecular weight is 361 g/mol. The second-order valence-electron chi connectivity index (χ2n) is 6.75. The Labute approximate surface area is 177 Å². The number of carbonyl (C=O) groups is 1. The Balaban J connectivity index is 0.00000243. The van der Waals surface area contributed by atoms with Crippen LogP contribution in [0.5, 0.6) is 11.5 Å². The van der Waals surface area contributed by atoms with E-state index in [4.69, 9.17) is 4.74 Å². The van der Waals surface area contributed by atoms with Crippen LogP contribution in [0.3, 0.4) is 0 Å². The molecule has 0 heterocycles. The molecule has 1 N–H and O–H groups in total. The van der Waals surface area contributed by atoms with Crippen LogP contribution in [0, 0.1) is 11.8 Å². The van der Waals surface area contributed by atoms with Crippen LogP contribution >= 0.6 is 0 Å². The van der Waals surface area contributed by atoms with Gasteiger partial charge < -0.3 is 15.2 Å². The topological polar surface area (TPSA) is 61.4 Å². The van der Waals surface area contributed by atoms with Gasteiger partial charge in [0.05, 0.1) is 6.61 Å². The van der Waals surface area contributed by atoms with Gasteiger partial charge in [-0.1, -0.05) is 42.5 Å². The quantitative estimate of drug-likeness (QED) is 0.757. The second-order valence-corrected chi connectivity index (χ2v) is 6.75. The van der Waals surface area contributed by atoms with Gasteiger partial charge in [0.1, 0.15) is 5.75 Å². The predicted molar refractivity (Wildman–Crippen MR) is 95.6 cm³/mol. The van der Waals surface area contributed by atoms with Gasteiger partial charge in [-0.3, -0.25) is 4.79 Å². The van der Waals surface area contributed by atoms with Crippen molar-refractivity contribution < 1.29 is 44.2 Å². The Morgan fingerprint density at radius 3 is 2.23 bits per heavy atom. The number of hydrogen-bond acceptors (Lipinski definition) is 3. The van der Waals surface area contributed by atoms with Crippen molar-refractivity contribution in [1.29, 1.82) is 0 Å². The molecule has 132 valence electrons. The zero-order valence-electron chi connectivity index (χ0n) is 15.3. The van der Waals surface area contributed by atoms with Gasteiger partial charge in [-0.2, -0.15) is 0 Å². The first kappa shape index (κ1) is 20.8. The Kier molecular flexibility index (Phi) is 8.49. The first-order valence-corrected chi connectivity index (χ1v) is 8.94. The minimum Gasteiger partial charge on any atom is -0.872 e. The van der Waals surface area contributed by atoms with Gasteiger partial charge in [-0.25, -0.2) is 0 Å². The summed E-state index contributed by atoms with van der Waals surface area (Å²) in [5.74, 6) is 1.87. The Morgan fingerprint density at radius 2 is 1.58 bits per heavy atom. The van der Waals surface area contributed by atoms with Gasteiger partial charge in [0.2, 0.25) is 0 Å². The van der Waals surface area contributed by atoms with E-state index in [0.29, 0.717) is 23.9 Å². The van der Waals surface area contributed by atoms with Gasteiger partial charge in [-0.15, -0.1) is 5.75 Å². The van der Waals surface area contributed by atoms with Crippen LogP contribution < -0.4 is 44.7 Å². The third-order valence-corrected chi connectivity index (χ3v) is 4.86. The summed E-state index contributed by atoms with van der Waals surface area (Å²) < 4.78 is 5.85. The van der Waals surface area contributed by atoms with Crippen molar-refractivity contribution in [3.05, 3.63) is 60.2 Å². The molecular weight excluding hydrogens is 337 g/mol. The number of para-hydroxylation sites is 1. The third-order valence-electron chi connectivity index (χ3n) is 4.86. The molecule has 0 saturated heterocycles. The van der Waals surface area contributed by atoms with Crippen molar-refractivity contribution in [2.75, 3.05) is 13.2 Å². The third kappa shape index (κ3) is 6.35. The fourth-order valence-electron chi connectivity index (χ4n) is 3.28. The fraction of sp³-hybridized carbons (Fsp3) is 0.381. The van der Waals surface area contributed by atoms with Crippen molar-refractivity contribution in [2.24, 2.45) is 11.8 Å². The normalized spacial score (nSPS) is 19.2. The van der Waals surface area contributed by atoms with E-state index < -0.39 is 0 Å². The van der Waals surface area contributed by atoms with Crippen LogP contribution in [0.1, 0.15) is 36.0 Å². The van der Waals surface area contributed by atoms with E-state index in [2.05, 4.69) is 5.32 Å². The Hall–Kier alpha value is -1.49. The molecule has 0 aliphatic heterocycles. The van der Waals surface area contributed by atoms with Crippen molar-refractivity contribution in [1.82, 2.24) is 5.32 Å². The van der Waals surface area contributed by atoms with E-state index >= 15 is 0 Å². The van der Waals surface area contributed by atoms with E-state index in [0.717, 1.165) is 38.0 Å². The number of nitrogens with one attached hydrogen (secondary N) is 1. The van der Waals surface area contributed by atoms with Crippen LogP contribution in [-0.2, 0) is 0 Å². The number of rotatable bonds is 6. The molecule has 1 fully saturated rings. The maximum Gasteiger partial charge on any atom is 1.00 e. The van der Waals surface area contributed by atoms with Crippen molar-refractivity contribution >= 4 is 5.91 Å². The number of benzene rings is 2. The minimum atomic E-state index is -0.102. The monoisotopic (exact) mass is 361 g/mol. The minimum absolute atomic E-state index is 0. The molecule has 0 spiro atoms. The van der Waals surface area contributed by atoms with Crippen LogP contribution in [0.25, 0.3) is 0 Å². The molecule has 2 aromatic rings. The summed E-state index contributed by atoms with van der Waals surface area (Å²) in [4.78, 5) is 12.1. The molecule has 0 atom stereocenters. The molecule has 1 aliphatic rings. The first-order valence-electron chi connectivity index (χ1n) is 8.94.